The summed E-state index contributed by atoms with van der Waals surface area (Å²) in [7, 11) is 0. The summed E-state index contributed by atoms with van der Waals surface area (Å²) in [6, 6.07) is 24.7. The fraction of sp³-hybridized carbons (Fsp3) is 0.310. The summed E-state index contributed by atoms with van der Waals surface area (Å²) in [6.45, 7) is 0.718. The molecule has 1 amide bonds. The van der Waals surface area contributed by atoms with E-state index in [0.29, 0.717) is 18.3 Å². The van der Waals surface area contributed by atoms with Crippen molar-refractivity contribution in [1.82, 2.24) is 0 Å². The molecule has 0 bridgehead atoms. The molecule has 1 saturated carbocycles. The Morgan fingerprint density at radius 3 is 2.24 bits per heavy atom. The topological polar surface area (TPSA) is 57.6 Å². The lowest BCUT2D eigenvalue weighted by Gasteiger charge is -2.28. The fourth-order valence-electron chi connectivity index (χ4n) is 5.42. The maximum atomic E-state index is 12.9. The van der Waals surface area contributed by atoms with Crippen LogP contribution in [-0.4, -0.2) is 23.5 Å². The molecule has 4 nitrogen and oxygen atoms in total. The highest BCUT2D eigenvalue weighted by Gasteiger charge is 2.26. The lowest BCUT2D eigenvalue weighted by molar-refractivity contribution is -0.138. The average Bonchev–Trinajstić information content (AvgIpc) is 3.28. The van der Waals surface area contributed by atoms with E-state index in [0.717, 1.165) is 49.9 Å². The molecule has 4 heteroatoms. The maximum Gasteiger partial charge on any atom is 0.303 e. The molecule has 1 aliphatic carbocycles. The molecule has 0 radical (unpaired) electrons. The van der Waals surface area contributed by atoms with Crippen molar-refractivity contribution in [3.8, 4) is 11.1 Å². The summed E-state index contributed by atoms with van der Waals surface area (Å²) in [5.41, 5.74) is 6.68. The van der Waals surface area contributed by atoms with Crippen LogP contribution in [0.2, 0.25) is 0 Å². The van der Waals surface area contributed by atoms with Gasteiger partial charge in [-0.1, -0.05) is 48.5 Å². The highest BCUT2D eigenvalue weighted by Crippen LogP contribution is 2.38. The number of aliphatic carboxylic acids is 1. The van der Waals surface area contributed by atoms with Crippen LogP contribution in [0.25, 0.3) is 11.1 Å². The number of carbonyl (C=O) groups is 2. The van der Waals surface area contributed by atoms with Crippen molar-refractivity contribution in [1.29, 1.82) is 0 Å². The zero-order chi connectivity index (χ0) is 22.8. The van der Waals surface area contributed by atoms with E-state index in [1.54, 1.807) is 0 Å². The SMILES string of the molecule is O=C(O)C[C@H]1CC[C@H](c2ccc(-c3ccc4c(c3)CCN4C(=O)c3ccccc3)cc2)CC1. The minimum atomic E-state index is -0.676. The Balaban J connectivity index is 1.27. The Morgan fingerprint density at radius 1 is 0.848 bits per heavy atom. The number of carboxylic acid groups (broad SMARTS) is 1. The van der Waals surface area contributed by atoms with E-state index in [4.69, 9.17) is 5.11 Å². The summed E-state index contributed by atoms with van der Waals surface area (Å²) in [5.74, 6) is 0.244. The molecule has 0 spiro atoms. The van der Waals surface area contributed by atoms with Crippen LogP contribution in [0.3, 0.4) is 0 Å². The van der Waals surface area contributed by atoms with Crippen LogP contribution in [0.4, 0.5) is 5.69 Å². The standard InChI is InChI=1S/C29H29NO3/c31-28(32)18-20-6-8-21(9-7-20)22-10-12-23(13-11-22)25-14-15-27-26(19-25)16-17-30(27)29(33)24-4-2-1-3-5-24/h1-5,10-15,19-21H,6-9,16-18H2,(H,31,32)/t20-,21-. The van der Waals surface area contributed by atoms with Crippen molar-refractivity contribution in [2.24, 2.45) is 5.92 Å². The number of carboxylic acids is 1. The summed E-state index contributed by atoms with van der Waals surface area (Å²) in [6.07, 6.45) is 5.32. The van der Waals surface area contributed by atoms with Gasteiger partial charge in [0.05, 0.1) is 0 Å². The normalized spacial score (nSPS) is 19.8. The van der Waals surface area contributed by atoms with Gasteiger partial charge in [0.25, 0.3) is 5.91 Å². The number of carbonyl (C=O) groups excluding carboxylic acids is 1. The average molecular weight is 440 g/mol. The molecule has 1 heterocycles. The Labute approximate surface area is 194 Å². The number of anilines is 1. The predicted octanol–water partition coefficient (Wildman–Crippen LogP) is 6.31. The summed E-state index contributed by atoms with van der Waals surface area (Å²) >= 11 is 0. The molecule has 0 saturated heterocycles. The van der Waals surface area contributed by atoms with Gasteiger partial charge in [-0.3, -0.25) is 9.59 Å². The number of nitrogens with zero attached hydrogens (tertiary/aromatic N) is 1. The predicted molar refractivity (Wildman–Crippen MR) is 131 cm³/mol. The lowest BCUT2D eigenvalue weighted by Crippen LogP contribution is -2.28. The van der Waals surface area contributed by atoms with Crippen molar-refractivity contribution < 1.29 is 14.7 Å². The maximum absolute atomic E-state index is 12.9. The smallest absolute Gasteiger partial charge is 0.303 e. The molecule has 168 valence electrons. The van der Waals surface area contributed by atoms with Crippen molar-refractivity contribution in [2.75, 3.05) is 11.4 Å². The van der Waals surface area contributed by atoms with Gasteiger partial charge in [0.15, 0.2) is 0 Å². The molecule has 1 aliphatic heterocycles. The molecular formula is C29H29NO3. The first-order chi connectivity index (χ1) is 16.1. The first kappa shape index (κ1) is 21.4. The van der Waals surface area contributed by atoms with Gasteiger partial charge in [-0.2, -0.15) is 0 Å². The van der Waals surface area contributed by atoms with E-state index >= 15 is 0 Å². The first-order valence-electron chi connectivity index (χ1n) is 11.9. The fourth-order valence-corrected chi connectivity index (χ4v) is 5.42. The van der Waals surface area contributed by atoms with Crippen molar-refractivity contribution in [3.63, 3.8) is 0 Å². The Kier molecular flexibility index (Phi) is 5.99. The van der Waals surface area contributed by atoms with Gasteiger partial charge in [0.1, 0.15) is 0 Å². The Hall–Kier alpha value is -3.40. The van der Waals surface area contributed by atoms with E-state index in [2.05, 4.69) is 42.5 Å². The molecular weight excluding hydrogens is 410 g/mol. The monoisotopic (exact) mass is 439 g/mol. The Bertz CT molecular complexity index is 1150. The molecule has 3 aromatic rings. The third-order valence-electron chi connectivity index (χ3n) is 7.27. The number of hydrogen-bond acceptors (Lipinski definition) is 2. The Morgan fingerprint density at radius 2 is 1.55 bits per heavy atom. The number of hydrogen-bond donors (Lipinski definition) is 1. The number of benzene rings is 3. The van der Waals surface area contributed by atoms with Gasteiger partial charge in [0, 0.05) is 24.2 Å². The van der Waals surface area contributed by atoms with Crippen molar-refractivity contribution in [2.45, 2.75) is 44.4 Å². The van der Waals surface area contributed by atoms with Crippen LogP contribution in [0, 0.1) is 5.92 Å². The van der Waals surface area contributed by atoms with Crippen LogP contribution < -0.4 is 4.90 Å². The highest BCUT2D eigenvalue weighted by molar-refractivity contribution is 6.07. The molecule has 0 atom stereocenters. The van der Waals surface area contributed by atoms with E-state index in [1.807, 2.05) is 35.2 Å². The van der Waals surface area contributed by atoms with Crippen molar-refractivity contribution in [3.05, 3.63) is 89.5 Å². The number of amides is 1. The first-order valence-corrected chi connectivity index (χ1v) is 11.9. The molecule has 5 rings (SSSR count). The third-order valence-corrected chi connectivity index (χ3v) is 7.27. The van der Waals surface area contributed by atoms with Crippen LogP contribution in [0.5, 0.6) is 0 Å². The van der Waals surface area contributed by atoms with Gasteiger partial charge in [-0.15, -0.1) is 0 Å². The molecule has 3 aromatic carbocycles. The second kappa shape index (κ2) is 9.22. The van der Waals surface area contributed by atoms with Gasteiger partial charge < -0.3 is 10.0 Å². The number of fused-ring (bicyclic) bond motifs is 1. The van der Waals surface area contributed by atoms with Gasteiger partial charge >= 0.3 is 5.97 Å². The van der Waals surface area contributed by atoms with Crippen LogP contribution in [-0.2, 0) is 11.2 Å². The second-order valence-corrected chi connectivity index (χ2v) is 9.35. The molecule has 33 heavy (non-hydrogen) atoms. The van der Waals surface area contributed by atoms with Crippen molar-refractivity contribution >= 4 is 17.6 Å². The lowest BCUT2D eigenvalue weighted by atomic mass is 9.77. The second-order valence-electron chi connectivity index (χ2n) is 9.35. The van der Waals surface area contributed by atoms with E-state index < -0.39 is 5.97 Å². The van der Waals surface area contributed by atoms with E-state index in [-0.39, 0.29) is 5.91 Å². The third kappa shape index (κ3) is 4.56. The van der Waals surface area contributed by atoms with Crippen LogP contribution in [0.15, 0.2) is 72.8 Å². The minimum Gasteiger partial charge on any atom is -0.481 e. The molecule has 0 aromatic heterocycles. The van der Waals surface area contributed by atoms with Crippen LogP contribution >= 0.6 is 0 Å². The summed E-state index contributed by atoms with van der Waals surface area (Å²) in [4.78, 5) is 25.8. The van der Waals surface area contributed by atoms with Gasteiger partial charge in [-0.05, 0) is 90.5 Å². The van der Waals surface area contributed by atoms with Gasteiger partial charge in [0.2, 0.25) is 0 Å². The molecule has 0 unspecified atom stereocenters. The zero-order valence-electron chi connectivity index (χ0n) is 18.7. The molecule has 1 N–H and O–H groups in total. The summed E-state index contributed by atoms with van der Waals surface area (Å²) < 4.78 is 0. The zero-order valence-corrected chi connectivity index (χ0v) is 18.7. The largest absolute Gasteiger partial charge is 0.481 e. The summed E-state index contributed by atoms with van der Waals surface area (Å²) in [5, 5.41) is 9.02. The highest BCUT2D eigenvalue weighted by atomic mass is 16.4. The quantitative estimate of drug-likeness (QED) is 0.507. The van der Waals surface area contributed by atoms with Gasteiger partial charge in [-0.25, -0.2) is 0 Å². The minimum absolute atomic E-state index is 0.0597. The molecule has 2 aliphatic rings. The number of rotatable bonds is 5. The van der Waals surface area contributed by atoms with E-state index in [1.165, 1.54) is 22.3 Å². The van der Waals surface area contributed by atoms with Crippen LogP contribution in [0.1, 0.15) is 59.5 Å². The molecule has 1 fully saturated rings. The van der Waals surface area contributed by atoms with E-state index in [9.17, 15) is 9.59 Å².